The van der Waals surface area contributed by atoms with Gasteiger partial charge in [0, 0.05) is 19.6 Å². The van der Waals surface area contributed by atoms with Crippen molar-refractivity contribution < 1.29 is 9.47 Å². The molecule has 0 saturated carbocycles. The van der Waals surface area contributed by atoms with Crippen molar-refractivity contribution in [3.63, 3.8) is 0 Å². The van der Waals surface area contributed by atoms with Gasteiger partial charge in [0.1, 0.15) is 6.10 Å². The molecule has 1 fully saturated rings. The van der Waals surface area contributed by atoms with Crippen molar-refractivity contribution in [2.24, 2.45) is 0 Å². The molecule has 1 aromatic heterocycles. The van der Waals surface area contributed by atoms with Crippen molar-refractivity contribution in [2.75, 3.05) is 32.8 Å². The van der Waals surface area contributed by atoms with Crippen LogP contribution in [0.5, 0.6) is 6.01 Å². The quantitative estimate of drug-likeness (QED) is 0.722. The molecule has 2 rings (SSSR count). The van der Waals surface area contributed by atoms with Gasteiger partial charge >= 0.3 is 6.01 Å². The number of allylic oxidation sites excluding steroid dienone is 1. The van der Waals surface area contributed by atoms with E-state index in [0.717, 1.165) is 45.7 Å². The minimum Gasteiger partial charge on any atom is -0.459 e. The van der Waals surface area contributed by atoms with E-state index in [1.807, 2.05) is 6.08 Å². The SMILES string of the molecule is C=CCC[C@@H](CN1CCOCC1)Oc1ncc(Cl)cn1. The summed E-state index contributed by atoms with van der Waals surface area (Å²) in [5, 5.41) is 0.508. The Bertz CT molecular complexity index is 407. The van der Waals surface area contributed by atoms with Crippen LogP contribution in [0.1, 0.15) is 12.8 Å². The number of nitrogens with zero attached hydrogens (tertiary/aromatic N) is 3. The molecule has 0 unspecified atom stereocenters. The number of aromatic nitrogens is 2. The lowest BCUT2D eigenvalue weighted by atomic mass is 10.2. The van der Waals surface area contributed by atoms with Crippen LogP contribution in [-0.4, -0.2) is 53.8 Å². The molecule has 0 amide bonds. The largest absolute Gasteiger partial charge is 0.459 e. The lowest BCUT2D eigenvalue weighted by molar-refractivity contribution is 0.0166. The van der Waals surface area contributed by atoms with E-state index in [1.54, 1.807) is 12.4 Å². The summed E-state index contributed by atoms with van der Waals surface area (Å²) in [5.74, 6) is 0. The highest BCUT2D eigenvalue weighted by molar-refractivity contribution is 6.30. The third-order valence-corrected chi connectivity index (χ3v) is 3.32. The molecule has 0 spiro atoms. The smallest absolute Gasteiger partial charge is 0.316 e. The summed E-state index contributed by atoms with van der Waals surface area (Å²) in [6.07, 6.45) is 6.84. The Kier molecular flexibility index (Phi) is 6.24. The summed E-state index contributed by atoms with van der Waals surface area (Å²) in [7, 11) is 0. The summed E-state index contributed by atoms with van der Waals surface area (Å²) in [5.41, 5.74) is 0. The van der Waals surface area contributed by atoms with Crippen LogP contribution in [0.15, 0.2) is 25.0 Å². The van der Waals surface area contributed by atoms with E-state index in [0.29, 0.717) is 11.0 Å². The Morgan fingerprint density at radius 1 is 1.40 bits per heavy atom. The Morgan fingerprint density at radius 3 is 2.75 bits per heavy atom. The van der Waals surface area contributed by atoms with Crippen LogP contribution in [0.25, 0.3) is 0 Å². The van der Waals surface area contributed by atoms with Crippen LogP contribution in [0, 0.1) is 0 Å². The molecule has 1 saturated heterocycles. The van der Waals surface area contributed by atoms with E-state index >= 15 is 0 Å². The zero-order valence-electron chi connectivity index (χ0n) is 11.5. The normalized spacial score (nSPS) is 17.6. The second kappa shape index (κ2) is 8.19. The average molecular weight is 298 g/mol. The Labute approximate surface area is 124 Å². The van der Waals surface area contributed by atoms with E-state index in [4.69, 9.17) is 21.1 Å². The fraction of sp³-hybridized carbons (Fsp3) is 0.571. The highest BCUT2D eigenvalue weighted by atomic mass is 35.5. The Balaban J connectivity index is 1.91. The molecule has 0 N–H and O–H groups in total. The first-order valence-corrected chi connectivity index (χ1v) is 7.21. The first-order valence-electron chi connectivity index (χ1n) is 6.83. The van der Waals surface area contributed by atoms with Crippen LogP contribution >= 0.6 is 11.6 Å². The van der Waals surface area contributed by atoms with Crippen molar-refractivity contribution >= 4 is 11.6 Å². The van der Waals surface area contributed by atoms with Crippen LogP contribution in [0.4, 0.5) is 0 Å². The monoisotopic (exact) mass is 297 g/mol. The van der Waals surface area contributed by atoms with Gasteiger partial charge in [-0.3, -0.25) is 4.90 Å². The number of hydrogen-bond donors (Lipinski definition) is 0. The molecule has 6 heteroatoms. The molecule has 1 aromatic rings. The number of rotatable bonds is 7. The summed E-state index contributed by atoms with van der Waals surface area (Å²) >= 11 is 5.77. The first-order chi connectivity index (χ1) is 9.78. The van der Waals surface area contributed by atoms with Gasteiger partial charge in [-0.2, -0.15) is 0 Å². The molecule has 1 aliphatic rings. The summed E-state index contributed by atoms with van der Waals surface area (Å²) in [4.78, 5) is 10.5. The second-order valence-corrected chi connectivity index (χ2v) is 5.14. The number of hydrogen-bond acceptors (Lipinski definition) is 5. The summed E-state index contributed by atoms with van der Waals surface area (Å²) in [6.45, 7) is 8.06. The molecule has 1 atom stereocenters. The van der Waals surface area contributed by atoms with Gasteiger partial charge in [-0.15, -0.1) is 6.58 Å². The zero-order valence-corrected chi connectivity index (χ0v) is 12.3. The van der Waals surface area contributed by atoms with Crippen molar-refractivity contribution in [3.05, 3.63) is 30.1 Å². The maximum absolute atomic E-state index is 5.86. The molecule has 110 valence electrons. The molecule has 1 aliphatic heterocycles. The van der Waals surface area contributed by atoms with E-state index in [2.05, 4.69) is 21.4 Å². The minimum absolute atomic E-state index is 0.0484. The Hall–Kier alpha value is -1.17. The lowest BCUT2D eigenvalue weighted by Gasteiger charge is -2.30. The van der Waals surface area contributed by atoms with E-state index in [1.165, 1.54) is 0 Å². The fourth-order valence-electron chi connectivity index (χ4n) is 2.07. The zero-order chi connectivity index (χ0) is 14.2. The average Bonchev–Trinajstić information content (AvgIpc) is 2.48. The molecule has 20 heavy (non-hydrogen) atoms. The molecular formula is C14H20ClN3O2. The van der Waals surface area contributed by atoms with Gasteiger partial charge in [0.05, 0.1) is 30.6 Å². The third-order valence-electron chi connectivity index (χ3n) is 3.13. The van der Waals surface area contributed by atoms with Crippen molar-refractivity contribution in [3.8, 4) is 6.01 Å². The molecule has 2 heterocycles. The number of ether oxygens (including phenoxy) is 2. The van der Waals surface area contributed by atoms with Gasteiger partial charge in [-0.25, -0.2) is 9.97 Å². The minimum atomic E-state index is 0.0484. The van der Waals surface area contributed by atoms with E-state index < -0.39 is 0 Å². The molecule has 0 aromatic carbocycles. The maximum atomic E-state index is 5.86. The number of morpholine rings is 1. The lowest BCUT2D eigenvalue weighted by Crippen LogP contribution is -2.42. The molecule has 0 radical (unpaired) electrons. The molecule has 0 bridgehead atoms. The molecular weight excluding hydrogens is 278 g/mol. The van der Waals surface area contributed by atoms with E-state index in [9.17, 15) is 0 Å². The molecule has 5 nitrogen and oxygen atoms in total. The standard InChI is InChI=1S/C14H20ClN3O2/c1-2-3-4-13(11-18-5-7-19-8-6-18)20-14-16-9-12(15)10-17-14/h2,9-10,13H,1,3-8,11H2/t13-/m0/s1. The van der Waals surface area contributed by atoms with Gasteiger partial charge in [0.25, 0.3) is 0 Å². The summed E-state index contributed by atoms with van der Waals surface area (Å²) in [6, 6.07) is 0.372. The van der Waals surface area contributed by atoms with Gasteiger partial charge in [-0.05, 0) is 12.8 Å². The van der Waals surface area contributed by atoms with Gasteiger partial charge in [0.2, 0.25) is 0 Å². The van der Waals surface area contributed by atoms with Crippen molar-refractivity contribution in [1.29, 1.82) is 0 Å². The van der Waals surface area contributed by atoms with Crippen molar-refractivity contribution in [2.45, 2.75) is 18.9 Å². The maximum Gasteiger partial charge on any atom is 0.316 e. The highest BCUT2D eigenvalue weighted by Gasteiger charge is 2.18. The summed E-state index contributed by atoms with van der Waals surface area (Å²) < 4.78 is 11.2. The van der Waals surface area contributed by atoms with E-state index in [-0.39, 0.29) is 6.10 Å². The predicted molar refractivity (Wildman–Crippen MR) is 78.1 cm³/mol. The fourth-order valence-corrected chi connectivity index (χ4v) is 2.17. The van der Waals surface area contributed by atoms with Gasteiger partial charge in [-0.1, -0.05) is 17.7 Å². The Morgan fingerprint density at radius 2 is 2.10 bits per heavy atom. The van der Waals surface area contributed by atoms with Crippen LogP contribution in [-0.2, 0) is 4.74 Å². The third kappa shape index (κ3) is 5.07. The second-order valence-electron chi connectivity index (χ2n) is 4.70. The molecule has 0 aliphatic carbocycles. The van der Waals surface area contributed by atoms with Crippen molar-refractivity contribution in [1.82, 2.24) is 14.9 Å². The predicted octanol–water partition coefficient (Wildman–Crippen LogP) is 2.18. The topological polar surface area (TPSA) is 47.5 Å². The van der Waals surface area contributed by atoms with Gasteiger partial charge in [0.15, 0.2) is 0 Å². The van der Waals surface area contributed by atoms with Gasteiger partial charge < -0.3 is 9.47 Å². The van der Waals surface area contributed by atoms with Crippen LogP contribution in [0.3, 0.4) is 0 Å². The van der Waals surface area contributed by atoms with Crippen LogP contribution in [0.2, 0.25) is 5.02 Å². The highest BCUT2D eigenvalue weighted by Crippen LogP contribution is 2.13. The number of halogens is 1. The first kappa shape index (κ1) is 15.2. The van der Waals surface area contributed by atoms with Crippen LogP contribution < -0.4 is 4.74 Å².